The highest BCUT2D eigenvalue weighted by atomic mass is 32.1. The molecule has 0 saturated carbocycles. The van der Waals surface area contributed by atoms with Crippen molar-refractivity contribution in [1.82, 2.24) is 4.98 Å². The molecule has 0 aliphatic rings. The Morgan fingerprint density at radius 2 is 1.88 bits per heavy atom. The van der Waals surface area contributed by atoms with Gasteiger partial charge >= 0.3 is 5.97 Å². The second kappa shape index (κ2) is 7.44. The van der Waals surface area contributed by atoms with Crippen LogP contribution in [0.4, 0.5) is 0 Å². The first-order valence-corrected chi connectivity index (χ1v) is 8.81. The number of thiazole rings is 1. The van der Waals surface area contributed by atoms with Crippen molar-refractivity contribution >= 4 is 17.3 Å². The van der Waals surface area contributed by atoms with Crippen LogP contribution < -0.4 is 4.73 Å². The van der Waals surface area contributed by atoms with Gasteiger partial charge in [-0.15, -0.1) is 11.3 Å². The number of aromatic nitrogens is 2. The summed E-state index contributed by atoms with van der Waals surface area (Å²) < 4.78 is 5.87. The number of esters is 1. The van der Waals surface area contributed by atoms with Gasteiger partial charge in [0.15, 0.2) is 12.4 Å². The molecule has 0 fully saturated rings. The summed E-state index contributed by atoms with van der Waals surface area (Å²) >= 11 is 1.52. The Bertz CT molecular complexity index is 855. The van der Waals surface area contributed by atoms with E-state index in [9.17, 15) is 10.0 Å². The number of hydrogen-bond donors (Lipinski definition) is 0. The molecule has 1 aromatic carbocycles. The maximum absolute atomic E-state index is 11.9. The number of carbonyl (C=O) groups excluding carboxylic acids is 1. The number of benzene rings is 1. The first kappa shape index (κ1) is 17.1. The molecule has 128 valence electrons. The lowest BCUT2D eigenvalue weighted by Gasteiger charge is -2.05. The van der Waals surface area contributed by atoms with Crippen molar-refractivity contribution in [3.05, 3.63) is 76.2 Å². The quantitative estimate of drug-likeness (QED) is 0.396. The van der Waals surface area contributed by atoms with E-state index in [4.69, 9.17) is 4.74 Å². The van der Waals surface area contributed by atoms with E-state index in [1.54, 1.807) is 0 Å². The van der Waals surface area contributed by atoms with Gasteiger partial charge in [-0.25, -0.2) is 9.78 Å². The first-order chi connectivity index (χ1) is 12.0. The van der Waals surface area contributed by atoms with Crippen LogP contribution in [-0.2, 0) is 11.3 Å². The van der Waals surface area contributed by atoms with Gasteiger partial charge in [0.05, 0.1) is 11.3 Å². The van der Waals surface area contributed by atoms with Gasteiger partial charge in [-0.05, 0) is 11.5 Å². The number of pyridine rings is 1. The van der Waals surface area contributed by atoms with Gasteiger partial charge < -0.3 is 9.94 Å². The minimum Gasteiger partial charge on any atom is -0.619 e. The summed E-state index contributed by atoms with van der Waals surface area (Å²) in [5.41, 5.74) is 3.38. The van der Waals surface area contributed by atoms with Crippen LogP contribution >= 0.6 is 11.3 Å². The van der Waals surface area contributed by atoms with Crippen LogP contribution in [-0.4, -0.2) is 11.0 Å². The molecule has 0 amide bonds. The van der Waals surface area contributed by atoms with Crippen LogP contribution in [0.25, 0.3) is 10.6 Å². The molecular weight excluding hydrogens is 336 g/mol. The number of hydrogen-bond acceptors (Lipinski definition) is 5. The second-order valence-corrected chi connectivity index (χ2v) is 6.80. The van der Waals surface area contributed by atoms with Crippen LogP contribution in [0.2, 0.25) is 0 Å². The van der Waals surface area contributed by atoms with E-state index in [0.29, 0.717) is 21.9 Å². The van der Waals surface area contributed by atoms with Gasteiger partial charge in [0.1, 0.15) is 11.6 Å². The SMILES string of the molecule is CC(C)c1ccc(-c2nc(COC(=O)c3cc[n+]([O-])cc3)cs2)cc1. The summed E-state index contributed by atoms with van der Waals surface area (Å²) in [6, 6.07) is 11.2. The standard InChI is InChI=1S/C19H18N2O3S/c1-13(2)14-3-5-15(6-4-14)18-20-17(12-25-18)11-24-19(22)16-7-9-21(23)10-8-16/h3-10,12-13H,11H2,1-2H3. The average molecular weight is 354 g/mol. The zero-order valence-electron chi connectivity index (χ0n) is 14.0. The van der Waals surface area contributed by atoms with Gasteiger partial charge in [-0.1, -0.05) is 38.1 Å². The zero-order valence-corrected chi connectivity index (χ0v) is 14.8. The highest BCUT2D eigenvalue weighted by Crippen LogP contribution is 2.26. The minimum atomic E-state index is -0.476. The molecule has 0 aliphatic heterocycles. The van der Waals surface area contributed by atoms with E-state index < -0.39 is 5.97 Å². The molecule has 6 heteroatoms. The van der Waals surface area contributed by atoms with Gasteiger partial charge in [0.2, 0.25) is 0 Å². The van der Waals surface area contributed by atoms with Crippen molar-refractivity contribution in [2.24, 2.45) is 0 Å². The first-order valence-electron chi connectivity index (χ1n) is 7.93. The fourth-order valence-electron chi connectivity index (χ4n) is 2.29. The molecule has 0 aliphatic carbocycles. The number of carbonyl (C=O) groups is 1. The number of nitrogens with zero attached hydrogens (tertiary/aromatic N) is 2. The predicted molar refractivity (Wildman–Crippen MR) is 96.2 cm³/mol. The summed E-state index contributed by atoms with van der Waals surface area (Å²) in [4.78, 5) is 16.5. The smallest absolute Gasteiger partial charge is 0.338 e. The molecule has 25 heavy (non-hydrogen) atoms. The van der Waals surface area contributed by atoms with Crippen molar-refractivity contribution in [1.29, 1.82) is 0 Å². The molecule has 3 aromatic rings. The minimum absolute atomic E-state index is 0.103. The van der Waals surface area contributed by atoms with Gasteiger partial charge in [-0.3, -0.25) is 0 Å². The van der Waals surface area contributed by atoms with E-state index in [0.717, 1.165) is 10.6 Å². The lowest BCUT2D eigenvalue weighted by atomic mass is 10.0. The fraction of sp³-hybridized carbons (Fsp3) is 0.211. The summed E-state index contributed by atoms with van der Waals surface area (Å²) in [5, 5.41) is 13.8. The second-order valence-electron chi connectivity index (χ2n) is 5.94. The summed E-state index contributed by atoms with van der Waals surface area (Å²) in [5.74, 6) is 0.0193. The molecule has 0 radical (unpaired) electrons. The third kappa shape index (κ3) is 4.22. The van der Waals surface area contributed by atoms with E-state index in [-0.39, 0.29) is 6.61 Å². The lowest BCUT2D eigenvalue weighted by Crippen LogP contribution is -2.24. The van der Waals surface area contributed by atoms with E-state index in [1.807, 2.05) is 5.38 Å². The average Bonchev–Trinajstić information content (AvgIpc) is 3.09. The van der Waals surface area contributed by atoms with Crippen LogP contribution in [0.3, 0.4) is 0 Å². The molecule has 0 bridgehead atoms. The number of rotatable bonds is 5. The van der Waals surface area contributed by atoms with Crippen molar-refractivity contribution in [2.45, 2.75) is 26.4 Å². The molecule has 0 spiro atoms. The lowest BCUT2D eigenvalue weighted by molar-refractivity contribution is -0.605. The molecule has 5 nitrogen and oxygen atoms in total. The highest BCUT2D eigenvalue weighted by Gasteiger charge is 2.11. The predicted octanol–water partition coefficient (Wildman–Crippen LogP) is 3.92. The molecule has 0 atom stereocenters. The Morgan fingerprint density at radius 3 is 2.52 bits per heavy atom. The molecule has 0 saturated heterocycles. The molecule has 0 unspecified atom stereocenters. The van der Waals surface area contributed by atoms with Crippen molar-refractivity contribution in [2.75, 3.05) is 0 Å². The molecule has 2 heterocycles. The Balaban J connectivity index is 1.63. The van der Waals surface area contributed by atoms with Crippen molar-refractivity contribution in [3.63, 3.8) is 0 Å². The highest BCUT2D eigenvalue weighted by molar-refractivity contribution is 7.13. The normalized spacial score (nSPS) is 10.8. The topological polar surface area (TPSA) is 66.1 Å². The Kier molecular flexibility index (Phi) is 5.09. The van der Waals surface area contributed by atoms with Crippen LogP contribution in [0, 0.1) is 5.21 Å². The Labute approximate surface area is 150 Å². The maximum Gasteiger partial charge on any atom is 0.338 e. The molecule has 3 rings (SSSR count). The van der Waals surface area contributed by atoms with Crippen LogP contribution in [0.15, 0.2) is 54.2 Å². The zero-order chi connectivity index (χ0) is 17.8. The third-order valence-corrected chi connectivity index (χ3v) is 4.71. The third-order valence-electron chi connectivity index (χ3n) is 3.76. The van der Waals surface area contributed by atoms with E-state index >= 15 is 0 Å². The largest absolute Gasteiger partial charge is 0.619 e. The number of ether oxygens (including phenoxy) is 1. The summed E-state index contributed by atoms with van der Waals surface area (Å²) in [6.45, 7) is 4.42. The van der Waals surface area contributed by atoms with Gasteiger partial charge in [0.25, 0.3) is 0 Å². The Hall–Kier alpha value is -2.73. The van der Waals surface area contributed by atoms with Crippen molar-refractivity contribution < 1.29 is 14.3 Å². The van der Waals surface area contributed by atoms with Crippen LogP contribution in [0.5, 0.6) is 0 Å². The monoisotopic (exact) mass is 354 g/mol. The maximum atomic E-state index is 11.9. The Morgan fingerprint density at radius 1 is 1.20 bits per heavy atom. The van der Waals surface area contributed by atoms with Crippen LogP contribution in [0.1, 0.15) is 41.4 Å². The van der Waals surface area contributed by atoms with E-state index in [1.165, 1.54) is 41.4 Å². The van der Waals surface area contributed by atoms with Gasteiger partial charge in [-0.2, -0.15) is 4.73 Å². The molecule has 2 aromatic heterocycles. The molecule has 0 N–H and O–H groups in total. The summed E-state index contributed by atoms with van der Waals surface area (Å²) in [6.07, 6.45) is 2.52. The van der Waals surface area contributed by atoms with E-state index in [2.05, 4.69) is 43.1 Å². The van der Waals surface area contributed by atoms with Crippen molar-refractivity contribution in [3.8, 4) is 10.6 Å². The summed E-state index contributed by atoms with van der Waals surface area (Å²) in [7, 11) is 0. The fourth-order valence-corrected chi connectivity index (χ4v) is 3.10. The van der Waals surface area contributed by atoms with Gasteiger partial charge in [0, 0.05) is 23.1 Å². The molecular formula is C19H18N2O3S.